The van der Waals surface area contributed by atoms with Crippen molar-refractivity contribution in [3.63, 3.8) is 0 Å². The summed E-state index contributed by atoms with van der Waals surface area (Å²) in [5, 5.41) is 11.6. The summed E-state index contributed by atoms with van der Waals surface area (Å²) in [7, 11) is 0. The number of benzene rings is 1. The molecule has 1 aromatic carbocycles. The van der Waals surface area contributed by atoms with E-state index in [9.17, 15) is 4.79 Å². The van der Waals surface area contributed by atoms with Crippen LogP contribution in [0.5, 0.6) is 5.75 Å². The fraction of sp³-hybridized carbons (Fsp3) is 0.462. The SMILES string of the molecule is CCCOc1ccccc1CNCCC(=O)O. The molecule has 1 aromatic rings. The van der Waals surface area contributed by atoms with E-state index in [1.165, 1.54) is 0 Å². The maximum absolute atomic E-state index is 10.4. The Labute approximate surface area is 102 Å². The summed E-state index contributed by atoms with van der Waals surface area (Å²) in [6.07, 6.45) is 1.11. The minimum absolute atomic E-state index is 0.137. The van der Waals surface area contributed by atoms with Crippen molar-refractivity contribution >= 4 is 5.97 Å². The number of ether oxygens (including phenoxy) is 1. The average molecular weight is 237 g/mol. The van der Waals surface area contributed by atoms with Crippen LogP contribution in [0, 0.1) is 0 Å². The van der Waals surface area contributed by atoms with Gasteiger partial charge in [0.15, 0.2) is 0 Å². The molecule has 4 nitrogen and oxygen atoms in total. The molecule has 0 spiro atoms. The second kappa shape index (κ2) is 7.68. The predicted octanol–water partition coefficient (Wildman–Crippen LogP) is 2.04. The first-order chi connectivity index (χ1) is 8.24. The van der Waals surface area contributed by atoms with Crippen molar-refractivity contribution in [1.82, 2.24) is 5.32 Å². The van der Waals surface area contributed by atoms with Gasteiger partial charge in [-0.05, 0) is 12.5 Å². The molecule has 0 aliphatic carbocycles. The van der Waals surface area contributed by atoms with Gasteiger partial charge >= 0.3 is 5.97 Å². The lowest BCUT2D eigenvalue weighted by atomic mass is 10.2. The number of carboxylic acids is 1. The summed E-state index contributed by atoms with van der Waals surface area (Å²) in [6.45, 7) is 3.87. The zero-order valence-corrected chi connectivity index (χ0v) is 10.1. The Bertz CT molecular complexity index is 352. The zero-order chi connectivity index (χ0) is 12.5. The number of nitrogens with one attached hydrogen (secondary N) is 1. The maximum atomic E-state index is 10.4. The molecule has 1 rings (SSSR count). The number of hydrogen-bond acceptors (Lipinski definition) is 3. The molecule has 0 radical (unpaired) electrons. The van der Waals surface area contributed by atoms with Gasteiger partial charge in [0.25, 0.3) is 0 Å². The van der Waals surface area contributed by atoms with Crippen molar-refractivity contribution in [1.29, 1.82) is 0 Å². The van der Waals surface area contributed by atoms with Crippen molar-refractivity contribution in [2.24, 2.45) is 0 Å². The molecule has 0 aliphatic rings. The highest BCUT2D eigenvalue weighted by molar-refractivity contribution is 5.66. The molecule has 0 unspecified atom stereocenters. The first-order valence-corrected chi connectivity index (χ1v) is 5.87. The van der Waals surface area contributed by atoms with Gasteiger partial charge in [0.1, 0.15) is 5.75 Å². The Morgan fingerprint density at radius 3 is 2.88 bits per heavy atom. The molecule has 0 saturated heterocycles. The summed E-state index contributed by atoms with van der Waals surface area (Å²) < 4.78 is 5.61. The van der Waals surface area contributed by atoms with E-state index >= 15 is 0 Å². The Kier molecular flexibility index (Phi) is 6.10. The van der Waals surface area contributed by atoms with E-state index in [-0.39, 0.29) is 6.42 Å². The number of para-hydroxylation sites is 1. The molecule has 0 heterocycles. The fourth-order valence-corrected chi connectivity index (χ4v) is 1.42. The number of hydrogen-bond donors (Lipinski definition) is 2. The Hall–Kier alpha value is -1.55. The first-order valence-electron chi connectivity index (χ1n) is 5.87. The molecule has 4 heteroatoms. The lowest BCUT2D eigenvalue weighted by Gasteiger charge is -2.11. The molecule has 0 amide bonds. The molecular formula is C13H19NO3. The molecule has 0 fully saturated rings. The highest BCUT2D eigenvalue weighted by atomic mass is 16.5. The lowest BCUT2D eigenvalue weighted by molar-refractivity contribution is -0.136. The second-order valence-corrected chi connectivity index (χ2v) is 3.78. The number of aliphatic carboxylic acids is 1. The van der Waals surface area contributed by atoms with Gasteiger partial charge in [0.2, 0.25) is 0 Å². The van der Waals surface area contributed by atoms with Crippen LogP contribution in [0.15, 0.2) is 24.3 Å². The minimum Gasteiger partial charge on any atom is -0.493 e. The molecule has 17 heavy (non-hydrogen) atoms. The number of carbonyl (C=O) groups is 1. The Morgan fingerprint density at radius 1 is 1.41 bits per heavy atom. The third kappa shape index (κ3) is 5.36. The van der Waals surface area contributed by atoms with Crippen LogP contribution in [-0.2, 0) is 11.3 Å². The van der Waals surface area contributed by atoms with Gasteiger partial charge in [-0.25, -0.2) is 0 Å². The third-order valence-corrected chi connectivity index (χ3v) is 2.27. The summed E-state index contributed by atoms with van der Waals surface area (Å²) in [6, 6.07) is 7.81. The topological polar surface area (TPSA) is 58.6 Å². The molecule has 2 N–H and O–H groups in total. The number of rotatable bonds is 8. The van der Waals surface area contributed by atoms with E-state index in [0.717, 1.165) is 17.7 Å². The molecule has 0 saturated carbocycles. The molecule has 0 bridgehead atoms. The molecule has 0 aliphatic heterocycles. The Morgan fingerprint density at radius 2 is 2.18 bits per heavy atom. The van der Waals surface area contributed by atoms with E-state index in [1.54, 1.807) is 0 Å². The van der Waals surface area contributed by atoms with E-state index in [2.05, 4.69) is 12.2 Å². The highest BCUT2D eigenvalue weighted by Gasteiger charge is 2.02. The van der Waals surface area contributed by atoms with E-state index in [1.807, 2.05) is 24.3 Å². The normalized spacial score (nSPS) is 10.2. The van der Waals surface area contributed by atoms with Gasteiger partial charge in [0, 0.05) is 18.7 Å². The Balaban J connectivity index is 2.43. The van der Waals surface area contributed by atoms with Gasteiger partial charge in [0.05, 0.1) is 13.0 Å². The van der Waals surface area contributed by atoms with Crippen molar-refractivity contribution in [2.45, 2.75) is 26.3 Å². The summed E-state index contributed by atoms with van der Waals surface area (Å²) in [5.41, 5.74) is 1.06. The maximum Gasteiger partial charge on any atom is 0.304 e. The fourth-order valence-electron chi connectivity index (χ4n) is 1.42. The van der Waals surface area contributed by atoms with Crippen molar-refractivity contribution in [2.75, 3.05) is 13.2 Å². The molecular weight excluding hydrogens is 218 g/mol. The first kappa shape index (κ1) is 13.5. The summed E-state index contributed by atoms with van der Waals surface area (Å²) >= 11 is 0. The number of carboxylic acid groups (broad SMARTS) is 1. The van der Waals surface area contributed by atoms with Crippen LogP contribution in [0.1, 0.15) is 25.3 Å². The van der Waals surface area contributed by atoms with Crippen molar-refractivity contribution < 1.29 is 14.6 Å². The van der Waals surface area contributed by atoms with Gasteiger partial charge in [-0.15, -0.1) is 0 Å². The van der Waals surface area contributed by atoms with Crippen LogP contribution in [0.4, 0.5) is 0 Å². The minimum atomic E-state index is -0.784. The second-order valence-electron chi connectivity index (χ2n) is 3.78. The van der Waals surface area contributed by atoms with Crippen LogP contribution in [0.25, 0.3) is 0 Å². The molecule has 0 atom stereocenters. The van der Waals surface area contributed by atoms with Crippen LogP contribution >= 0.6 is 0 Å². The van der Waals surface area contributed by atoms with E-state index in [4.69, 9.17) is 9.84 Å². The van der Waals surface area contributed by atoms with Crippen LogP contribution in [-0.4, -0.2) is 24.2 Å². The van der Waals surface area contributed by atoms with E-state index in [0.29, 0.717) is 19.7 Å². The van der Waals surface area contributed by atoms with Crippen LogP contribution in [0.2, 0.25) is 0 Å². The van der Waals surface area contributed by atoms with Crippen molar-refractivity contribution in [3.8, 4) is 5.75 Å². The van der Waals surface area contributed by atoms with Gasteiger partial charge in [-0.3, -0.25) is 4.79 Å². The smallest absolute Gasteiger partial charge is 0.304 e. The average Bonchev–Trinajstić information content (AvgIpc) is 2.33. The van der Waals surface area contributed by atoms with Gasteiger partial charge in [-0.1, -0.05) is 25.1 Å². The molecule has 0 aromatic heterocycles. The standard InChI is InChI=1S/C13H19NO3/c1-2-9-17-12-6-4-3-5-11(12)10-14-8-7-13(15)16/h3-6,14H,2,7-10H2,1H3,(H,15,16). The third-order valence-electron chi connectivity index (χ3n) is 2.27. The summed E-state index contributed by atoms with van der Waals surface area (Å²) in [4.78, 5) is 10.4. The highest BCUT2D eigenvalue weighted by Crippen LogP contribution is 2.17. The van der Waals surface area contributed by atoms with Crippen molar-refractivity contribution in [3.05, 3.63) is 29.8 Å². The van der Waals surface area contributed by atoms with Crippen LogP contribution in [0.3, 0.4) is 0 Å². The lowest BCUT2D eigenvalue weighted by Crippen LogP contribution is -2.18. The van der Waals surface area contributed by atoms with Gasteiger partial charge < -0.3 is 15.2 Å². The predicted molar refractivity (Wildman–Crippen MR) is 66.2 cm³/mol. The molecule has 94 valence electrons. The van der Waals surface area contributed by atoms with Crippen LogP contribution < -0.4 is 10.1 Å². The summed E-state index contributed by atoms with van der Waals surface area (Å²) in [5.74, 6) is 0.0881. The van der Waals surface area contributed by atoms with E-state index < -0.39 is 5.97 Å². The quantitative estimate of drug-likeness (QED) is 0.679. The van der Waals surface area contributed by atoms with Gasteiger partial charge in [-0.2, -0.15) is 0 Å². The monoisotopic (exact) mass is 237 g/mol. The zero-order valence-electron chi connectivity index (χ0n) is 10.1. The largest absolute Gasteiger partial charge is 0.493 e.